The van der Waals surface area contributed by atoms with Gasteiger partial charge in [-0.3, -0.25) is 9.59 Å². The van der Waals surface area contributed by atoms with Crippen molar-refractivity contribution in [3.8, 4) is 11.5 Å². The molecule has 1 atom stereocenters. The summed E-state index contributed by atoms with van der Waals surface area (Å²) in [5, 5.41) is 5.08. The van der Waals surface area contributed by atoms with Gasteiger partial charge in [-0.05, 0) is 53.5 Å². The number of nitrogens with zero attached hydrogens (tertiary/aromatic N) is 3. The summed E-state index contributed by atoms with van der Waals surface area (Å²) in [5.41, 5.74) is 0.867. The zero-order valence-electron chi connectivity index (χ0n) is 18.5. The van der Waals surface area contributed by atoms with Crippen LogP contribution in [0, 0.1) is 0 Å². The van der Waals surface area contributed by atoms with Gasteiger partial charge in [0.15, 0.2) is 11.5 Å². The fourth-order valence-electron chi connectivity index (χ4n) is 3.10. The van der Waals surface area contributed by atoms with E-state index < -0.39 is 5.97 Å². The highest BCUT2D eigenvalue weighted by Crippen LogP contribution is 2.42. The maximum absolute atomic E-state index is 13.3. The summed E-state index contributed by atoms with van der Waals surface area (Å²) in [6.45, 7) is 7.44. The first-order chi connectivity index (χ1) is 15.7. The molecule has 0 aliphatic rings. The Labute approximate surface area is 213 Å². The topological polar surface area (TPSA) is 82.8 Å². The van der Waals surface area contributed by atoms with Gasteiger partial charge in [0.25, 0.3) is 5.56 Å². The monoisotopic (exact) mass is 597 g/mol. The van der Waals surface area contributed by atoms with Crippen LogP contribution in [0.4, 0.5) is 0 Å². The van der Waals surface area contributed by atoms with Gasteiger partial charge in [0.1, 0.15) is 10.8 Å². The smallest absolute Gasteiger partial charge is 0.308 e. The Morgan fingerprint density at radius 1 is 1.30 bits per heavy atom. The molecule has 0 N–H and O–H groups in total. The summed E-state index contributed by atoms with van der Waals surface area (Å²) in [4.78, 5) is 29.5. The molecule has 174 valence electrons. The fraction of sp³-hybridized carbons (Fsp3) is 0.304. The minimum atomic E-state index is -0.524. The third-order valence-electron chi connectivity index (χ3n) is 4.90. The van der Waals surface area contributed by atoms with Crippen LogP contribution in [-0.2, 0) is 4.79 Å². The fourth-order valence-corrected chi connectivity index (χ4v) is 4.10. The average Bonchev–Trinajstić information content (AvgIpc) is 2.78. The lowest BCUT2D eigenvalue weighted by Gasteiger charge is -2.15. The van der Waals surface area contributed by atoms with Crippen LogP contribution >= 0.6 is 43.5 Å². The molecule has 1 heterocycles. The lowest BCUT2D eigenvalue weighted by molar-refractivity contribution is -0.132. The minimum absolute atomic E-state index is 0.000235. The number of ether oxygens (including phenoxy) is 2. The first kappa shape index (κ1) is 25.4. The van der Waals surface area contributed by atoms with Crippen LogP contribution in [0.15, 0.2) is 43.1 Å². The van der Waals surface area contributed by atoms with Crippen molar-refractivity contribution in [3.05, 3.63) is 60.0 Å². The number of rotatable bonds is 7. The molecule has 2 aromatic carbocycles. The third-order valence-corrected chi connectivity index (χ3v) is 6.84. The maximum Gasteiger partial charge on any atom is 0.308 e. The number of hydrogen-bond acceptors (Lipinski definition) is 6. The molecule has 0 amide bonds. The van der Waals surface area contributed by atoms with E-state index >= 15 is 0 Å². The van der Waals surface area contributed by atoms with Crippen LogP contribution in [0.25, 0.3) is 10.9 Å². The highest BCUT2D eigenvalue weighted by Gasteiger charge is 2.20. The zero-order chi connectivity index (χ0) is 24.3. The molecule has 1 aromatic heterocycles. The maximum atomic E-state index is 13.3. The van der Waals surface area contributed by atoms with Crippen molar-refractivity contribution in [2.24, 2.45) is 5.10 Å². The molecule has 0 radical (unpaired) electrons. The van der Waals surface area contributed by atoms with Gasteiger partial charge >= 0.3 is 5.97 Å². The molecule has 7 nitrogen and oxygen atoms in total. The molecule has 3 aromatic rings. The summed E-state index contributed by atoms with van der Waals surface area (Å²) in [6.07, 6.45) is 2.28. The number of esters is 1. The summed E-state index contributed by atoms with van der Waals surface area (Å²) < 4.78 is 13.4. The van der Waals surface area contributed by atoms with Crippen molar-refractivity contribution >= 4 is 66.5 Å². The van der Waals surface area contributed by atoms with E-state index in [-0.39, 0.29) is 28.0 Å². The molecule has 0 bridgehead atoms. The standard InChI is InChI=1S/C23H22Br2ClN3O4/c1-5-12(3)22-28-17-8-7-15(24)10-16(17)23(31)29(22)27-11-14-9-18(32-6-2)21(33-13(4)30)20(26)19(14)25/h7-12H,5-6H2,1-4H3/t12-/m0/s1. The Morgan fingerprint density at radius 2 is 2.03 bits per heavy atom. The van der Waals surface area contributed by atoms with Crippen LogP contribution in [0.5, 0.6) is 11.5 Å². The summed E-state index contributed by atoms with van der Waals surface area (Å²) in [7, 11) is 0. The quantitative estimate of drug-likeness (QED) is 0.181. The zero-order valence-corrected chi connectivity index (χ0v) is 22.4. The summed E-state index contributed by atoms with van der Waals surface area (Å²) >= 11 is 13.3. The minimum Gasteiger partial charge on any atom is -0.490 e. The van der Waals surface area contributed by atoms with Crippen molar-refractivity contribution in [1.29, 1.82) is 0 Å². The molecule has 0 unspecified atom stereocenters. The van der Waals surface area contributed by atoms with Gasteiger partial charge in [-0.25, -0.2) is 4.98 Å². The molecule has 0 spiro atoms. The number of halogens is 3. The first-order valence-corrected chi connectivity index (χ1v) is 12.2. The largest absolute Gasteiger partial charge is 0.490 e. The van der Waals surface area contributed by atoms with Gasteiger partial charge in [-0.1, -0.05) is 41.4 Å². The van der Waals surface area contributed by atoms with Gasteiger partial charge < -0.3 is 9.47 Å². The highest BCUT2D eigenvalue weighted by molar-refractivity contribution is 9.10. The lowest BCUT2D eigenvalue weighted by atomic mass is 10.1. The second kappa shape index (κ2) is 10.8. The second-order valence-electron chi connectivity index (χ2n) is 7.25. The number of fused-ring (bicyclic) bond motifs is 1. The summed E-state index contributed by atoms with van der Waals surface area (Å²) in [6, 6.07) is 7.02. The SMILES string of the molecule is CCOc1cc(C=Nn2c([C@@H](C)CC)nc3ccc(Br)cc3c2=O)c(Br)c(Cl)c1OC(C)=O. The Hall–Kier alpha value is -2.23. The number of aromatic nitrogens is 2. The van der Waals surface area contributed by atoms with E-state index in [0.29, 0.717) is 33.4 Å². The molecule has 0 saturated carbocycles. The average molecular weight is 600 g/mol. The van der Waals surface area contributed by atoms with Crippen LogP contribution in [-0.4, -0.2) is 28.5 Å². The van der Waals surface area contributed by atoms with Crippen molar-refractivity contribution in [2.75, 3.05) is 6.61 Å². The van der Waals surface area contributed by atoms with Gasteiger partial charge in [0.2, 0.25) is 0 Å². The van der Waals surface area contributed by atoms with Crippen molar-refractivity contribution in [1.82, 2.24) is 9.66 Å². The third kappa shape index (κ3) is 5.47. The Bertz CT molecular complexity index is 1310. The lowest BCUT2D eigenvalue weighted by Crippen LogP contribution is -2.23. The Morgan fingerprint density at radius 3 is 2.67 bits per heavy atom. The van der Waals surface area contributed by atoms with Gasteiger partial charge in [-0.2, -0.15) is 9.78 Å². The van der Waals surface area contributed by atoms with Crippen LogP contribution < -0.4 is 15.0 Å². The van der Waals surface area contributed by atoms with E-state index in [0.717, 1.165) is 10.9 Å². The van der Waals surface area contributed by atoms with Crippen LogP contribution in [0.1, 0.15) is 51.4 Å². The van der Waals surface area contributed by atoms with E-state index in [4.69, 9.17) is 26.1 Å². The second-order valence-corrected chi connectivity index (χ2v) is 9.34. The van der Waals surface area contributed by atoms with Gasteiger partial charge in [0, 0.05) is 27.4 Å². The number of hydrogen-bond donors (Lipinski definition) is 0. The van der Waals surface area contributed by atoms with Crippen LogP contribution in [0.3, 0.4) is 0 Å². The Balaban J connectivity index is 2.20. The van der Waals surface area contributed by atoms with E-state index in [9.17, 15) is 9.59 Å². The number of benzene rings is 2. The molecule has 10 heteroatoms. The van der Waals surface area contributed by atoms with Gasteiger partial charge in [-0.15, -0.1) is 0 Å². The van der Waals surface area contributed by atoms with Crippen molar-refractivity contribution < 1.29 is 14.3 Å². The molecule has 3 rings (SSSR count). The number of carbonyl (C=O) groups is 1. The van der Waals surface area contributed by atoms with Gasteiger partial charge in [0.05, 0.1) is 23.7 Å². The first-order valence-electron chi connectivity index (χ1n) is 10.3. The van der Waals surface area contributed by atoms with Crippen LogP contribution in [0.2, 0.25) is 5.02 Å². The van der Waals surface area contributed by atoms with E-state index in [1.807, 2.05) is 19.9 Å². The van der Waals surface area contributed by atoms with E-state index in [1.54, 1.807) is 25.1 Å². The predicted octanol–water partition coefficient (Wildman–Crippen LogP) is 6.29. The molecular formula is C23H22Br2ClN3O4. The summed E-state index contributed by atoms with van der Waals surface area (Å²) in [5.74, 6) is 0.434. The molecule has 0 fully saturated rings. The Kier molecular flexibility index (Phi) is 8.31. The van der Waals surface area contributed by atoms with Crippen molar-refractivity contribution in [3.63, 3.8) is 0 Å². The van der Waals surface area contributed by atoms with E-state index in [2.05, 4.69) is 37.0 Å². The van der Waals surface area contributed by atoms with E-state index in [1.165, 1.54) is 17.8 Å². The highest BCUT2D eigenvalue weighted by atomic mass is 79.9. The molecule has 0 aliphatic carbocycles. The predicted molar refractivity (Wildman–Crippen MR) is 137 cm³/mol. The number of carbonyl (C=O) groups excluding carboxylic acids is 1. The molecule has 33 heavy (non-hydrogen) atoms. The normalized spacial score (nSPS) is 12.3. The molecular weight excluding hydrogens is 578 g/mol. The molecule has 0 saturated heterocycles. The van der Waals surface area contributed by atoms with Crippen molar-refractivity contribution in [2.45, 2.75) is 40.0 Å². The molecule has 0 aliphatic heterocycles.